The van der Waals surface area contributed by atoms with Crippen molar-refractivity contribution in [3.05, 3.63) is 17.5 Å². The summed E-state index contributed by atoms with van der Waals surface area (Å²) in [7, 11) is 0. The number of hydrogen-bond acceptors (Lipinski definition) is 5. The average Bonchev–Trinajstić information content (AvgIpc) is 2.62. The van der Waals surface area contributed by atoms with Gasteiger partial charge in [0.1, 0.15) is 6.04 Å². The molecule has 17 heavy (non-hydrogen) atoms. The van der Waals surface area contributed by atoms with E-state index >= 15 is 0 Å². The van der Waals surface area contributed by atoms with Crippen molar-refractivity contribution in [2.75, 3.05) is 0 Å². The Morgan fingerprint density at radius 3 is 2.65 bits per heavy atom. The number of carbonyl (C=O) groups excluding carboxylic acids is 2. The van der Waals surface area contributed by atoms with Crippen molar-refractivity contribution in [3.8, 4) is 0 Å². The molecule has 1 rings (SSSR count). The molecule has 0 aliphatic rings. The van der Waals surface area contributed by atoms with Crippen LogP contribution in [0.1, 0.15) is 22.5 Å². The van der Waals surface area contributed by atoms with Crippen molar-refractivity contribution >= 4 is 17.8 Å². The maximum atomic E-state index is 11.6. The number of aromatic nitrogens is 1. The molecule has 0 aliphatic heterocycles. The van der Waals surface area contributed by atoms with Crippen LogP contribution in [0.25, 0.3) is 0 Å². The summed E-state index contributed by atoms with van der Waals surface area (Å²) >= 11 is 0. The number of hydrogen-bond donors (Lipinski definition) is 3. The van der Waals surface area contributed by atoms with Gasteiger partial charge < -0.3 is 20.7 Å². The zero-order chi connectivity index (χ0) is 13.0. The quantitative estimate of drug-likeness (QED) is 0.607. The number of aliphatic carboxylic acids is 1. The molecule has 0 fully saturated rings. The zero-order valence-electron chi connectivity index (χ0n) is 8.97. The summed E-state index contributed by atoms with van der Waals surface area (Å²) < 4.78 is 4.64. The lowest BCUT2D eigenvalue weighted by atomic mass is 10.2. The van der Waals surface area contributed by atoms with E-state index in [0.717, 1.165) is 0 Å². The van der Waals surface area contributed by atoms with Crippen molar-refractivity contribution < 1.29 is 24.0 Å². The lowest BCUT2D eigenvalue weighted by Crippen LogP contribution is -2.43. The fourth-order valence-corrected chi connectivity index (χ4v) is 1.13. The molecule has 0 spiro atoms. The largest absolute Gasteiger partial charge is 0.480 e. The van der Waals surface area contributed by atoms with Gasteiger partial charge in [-0.2, -0.15) is 0 Å². The van der Waals surface area contributed by atoms with E-state index in [1.54, 1.807) is 6.92 Å². The third-order valence-electron chi connectivity index (χ3n) is 1.96. The number of primary amides is 1. The van der Waals surface area contributed by atoms with E-state index in [2.05, 4.69) is 15.0 Å². The molecule has 92 valence electrons. The lowest BCUT2D eigenvalue weighted by molar-refractivity contribution is -0.140. The minimum Gasteiger partial charge on any atom is -0.480 e. The minimum absolute atomic E-state index is 0.0966. The van der Waals surface area contributed by atoms with Gasteiger partial charge in [-0.05, 0) is 6.92 Å². The van der Waals surface area contributed by atoms with Gasteiger partial charge in [0.25, 0.3) is 5.91 Å². The van der Waals surface area contributed by atoms with Gasteiger partial charge in [0.15, 0.2) is 0 Å². The Balaban J connectivity index is 2.74. The third-order valence-corrected chi connectivity index (χ3v) is 1.96. The molecule has 8 nitrogen and oxygen atoms in total. The topological polar surface area (TPSA) is 136 Å². The standard InChI is InChI=1S/C9H11N3O5/c1-4-3-11-17-7(4)8(14)12-5(9(15)16)2-6(10)13/h3,5H,2H2,1H3,(H2,10,13)(H,12,14)(H,15,16). The summed E-state index contributed by atoms with van der Waals surface area (Å²) in [6, 6.07) is -1.38. The second-order valence-electron chi connectivity index (χ2n) is 3.37. The molecule has 0 radical (unpaired) electrons. The molecule has 1 aromatic rings. The summed E-state index contributed by atoms with van der Waals surface area (Å²) in [5.74, 6) is -3.03. The molecule has 0 saturated heterocycles. The second kappa shape index (κ2) is 5.10. The predicted molar refractivity (Wildman–Crippen MR) is 53.9 cm³/mol. The minimum atomic E-state index is -1.38. The van der Waals surface area contributed by atoms with E-state index in [9.17, 15) is 14.4 Å². The van der Waals surface area contributed by atoms with Gasteiger partial charge in [0.05, 0.1) is 12.6 Å². The van der Waals surface area contributed by atoms with Gasteiger partial charge >= 0.3 is 5.97 Å². The molecular formula is C9H11N3O5. The summed E-state index contributed by atoms with van der Waals surface area (Å²) in [6.07, 6.45) is 0.826. The maximum Gasteiger partial charge on any atom is 0.326 e. The zero-order valence-corrected chi connectivity index (χ0v) is 8.97. The van der Waals surface area contributed by atoms with E-state index in [0.29, 0.717) is 5.56 Å². The van der Waals surface area contributed by atoms with Crippen LogP contribution in [0, 0.1) is 6.92 Å². The molecule has 0 bridgehead atoms. The summed E-state index contributed by atoms with van der Waals surface area (Å²) in [5, 5.41) is 14.3. The molecular weight excluding hydrogens is 230 g/mol. The van der Waals surface area contributed by atoms with Crippen LogP contribution >= 0.6 is 0 Å². The van der Waals surface area contributed by atoms with Gasteiger partial charge in [0.2, 0.25) is 11.7 Å². The first kappa shape index (κ1) is 12.7. The first-order chi connectivity index (χ1) is 7.91. The van der Waals surface area contributed by atoms with Gasteiger partial charge in [-0.3, -0.25) is 9.59 Å². The van der Waals surface area contributed by atoms with Crippen molar-refractivity contribution in [3.63, 3.8) is 0 Å². The highest BCUT2D eigenvalue weighted by Gasteiger charge is 2.25. The Hall–Kier alpha value is -2.38. The van der Waals surface area contributed by atoms with Gasteiger partial charge in [-0.15, -0.1) is 0 Å². The number of nitrogens with one attached hydrogen (secondary N) is 1. The highest BCUT2D eigenvalue weighted by Crippen LogP contribution is 2.06. The molecule has 4 N–H and O–H groups in total. The predicted octanol–water partition coefficient (Wildman–Crippen LogP) is -0.959. The molecule has 2 amide bonds. The van der Waals surface area contributed by atoms with Crippen LogP contribution in [0.5, 0.6) is 0 Å². The maximum absolute atomic E-state index is 11.6. The number of nitrogens with two attached hydrogens (primary N) is 1. The number of carboxylic acids is 1. The van der Waals surface area contributed by atoms with Crippen LogP contribution in [-0.2, 0) is 9.59 Å². The molecule has 0 aromatic carbocycles. The van der Waals surface area contributed by atoms with Crippen LogP contribution in [-0.4, -0.2) is 34.1 Å². The normalized spacial score (nSPS) is 11.8. The third kappa shape index (κ3) is 3.30. The molecule has 1 heterocycles. The van der Waals surface area contributed by atoms with Crippen molar-refractivity contribution in [2.45, 2.75) is 19.4 Å². The first-order valence-corrected chi connectivity index (χ1v) is 4.65. The Bertz CT molecular complexity index is 453. The van der Waals surface area contributed by atoms with Crippen LogP contribution in [0.2, 0.25) is 0 Å². The SMILES string of the molecule is Cc1cnoc1C(=O)NC(CC(N)=O)C(=O)O. The van der Waals surface area contributed by atoms with Gasteiger partial charge in [-0.1, -0.05) is 5.16 Å². The van der Waals surface area contributed by atoms with E-state index in [1.165, 1.54) is 6.20 Å². The molecule has 8 heteroatoms. The Kier molecular flexibility index (Phi) is 3.81. The van der Waals surface area contributed by atoms with Crippen molar-refractivity contribution in [2.24, 2.45) is 5.73 Å². The van der Waals surface area contributed by atoms with Crippen LogP contribution in [0.15, 0.2) is 10.7 Å². The van der Waals surface area contributed by atoms with Crippen LogP contribution in [0.3, 0.4) is 0 Å². The van der Waals surface area contributed by atoms with E-state index in [1.807, 2.05) is 0 Å². The van der Waals surface area contributed by atoms with Gasteiger partial charge in [-0.25, -0.2) is 4.79 Å². The molecule has 1 atom stereocenters. The highest BCUT2D eigenvalue weighted by atomic mass is 16.5. The smallest absolute Gasteiger partial charge is 0.326 e. The number of carbonyl (C=O) groups is 3. The van der Waals surface area contributed by atoms with Gasteiger partial charge in [0, 0.05) is 5.56 Å². The molecule has 0 aliphatic carbocycles. The van der Waals surface area contributed by atoms with Crippen LogP contribution < -0.4 is 11.1 Å². The monoisotopic (exact) mass is 241 g/mol. The Labute approximate surface area is 95.8 Å². The van der Waals surface area contributed by atoms with Crippen molar-refractivity contribution in [1.29, 1.82) is 0 Å². The summed E-state index contributed by atoms with van der Waals surface area (Å²) in [5.41, 5.74) is 5.33. The summed E-state index contributed by atoms with van der Waals surface area (Å²) in [4.78, 5) is 32.9. The number of carboxylic acid groups (broad SMARTS) is 1. The van der Waals surface area contributed by atoms with Crippen LogP contribution in [0.4, 0.5) is 0 Å². The number of nitrogens with zero attached hydrogens (tertiary/aromatic N) is 1. The average molecular weight is 241 g/mol. The van der Waals surface area contributed by atoms with E-state index in [4.69, 9.17) is 10.8 Å². The number of amides is 2. The number of aryl methyl sites for hydroxylation is 1. The van der Waals surface area contributed by atoms with E-state index in [-0.39, 0.29) is 5.76 Å². The fourth-order valence-electron chi connectivity index (χ4n) is 1.13. The lowest BCUT2D eigenvalue weighted by Gasteiger charge is -2.11. The Morgan fingerprint density at radius 1 is 1.59 bits per heavy atom. The van der Waals surface area contributed by atoms with E-state index < -0.39 is 30.2 Å². The molecule has 0 saturated carbocycles. The Morgan fingerprint density at radius 2 is 2.24 bits per heavy atom. The molecule has 1 unspecified atom stereocenters. The number of rotatable bonds is 5. The van der Waals surface area contributed by atoms with Crippen molar-refractivity contribution in [1.82, 2.24) is 10.5 Å². The second-order valence-corrected chi connectivity index (χ2v) is 3.37. The summed E-state index contributed by atoms with van der Waals surface area (Å²) in [6.45, 7) is 1.58. The highest BCUT2D eigenvalue weighted by molar-refractivity contribution is 5.96. The fraction of sp³-hybridized carbons (Fsp3) is 0.333. The molecule has 1 aromatic heterocycles. The first-order valence-electron chi connectivity index (χ1n) is 4.65.